The van der Waals surface area contributed by atoms with Crippen molar-refractivity contribution in [1.29, 1.82) is 0 Å². The lowest BCUT2D eigenvalue weighted by Gasteiger charge is -2.29. The van der Waals surface area contributed by atoms with Crippen LogP contribution in [0.4, 0.5) is 0 Å². The highest BCUT2D eigenvalue weighted by atomic mass is 35.5. The fourth-order valence-corrected chi connectivity index (χ4v) is 1.99. The molecule has 0 spiro atoms. The zero-order valence-electron chi connectivity index (χ0n) is 9.63. The first-order chi connectivity index (χ1) is 7.38. The highest BCUT2D eigenvalue weighted by Gasteiger charge is 2.30. The Kier molecular flexibility index (Phi) is 4.62. The Morgan fingerprint density at radius 2 is 1.88 bits per heavy atom. The van der Waals surface area contributed by atoms with Gasteiger partial charge < -0.3 is 9.84 Å². The minimum atomic E-state index is -0.997. The van der Waals surface area contributed by atoms with E-state index in [1.54, 1.807) is 32.2 Å². The fraction of sp³-hybridized carbons (Fsp3) is 0.500. The van der Waals surface area contributed by atoms with E-state index in [-0.39, 0.29) is 6.10 Å². The number of halogens is 2. The number of hydrogen-bond donors (Lipinski definition) is 1. The molecular weight excluding hydrogens is 247 g/mol. The van der Waals surface area contributed by atoms with Crippen LogP contribution in [0.25, 0.3) is 0 Å². The number of aliphatic hydroxyl groups is 1. The van der Waals surface area contributed by atoms with Crippen molar-refractivity contribution in [2.45, 2.75) is 32.0 Å². The van der Waals surface area contributed by atoms with Gasteiger partial charge in [0, 0.05) is 23.6 Å². The second-order valence-corrected chi connectivity index (χ2v) is 4.93. The van der Waals surface area contributed by atoms with E-state index in [0.717, 1.165) is 5.56 Å². The molecule has 2 unspecified atom stereocenters. The van der Waals surface area contributed by atoms with E-state index in [9.17, 15) is 5.11 Å². The second kappa shape index (κ2) is 5.37. The van der Waals surface area contributed by atoms with Crippen molar-refractivity contribution in [3.05, 3.63) is 33.8 Å². The molecule has 0 radical (unpaired) electrons. The molecule has 0 fully saturated rings. The molecular formula is C12H16Cl2O2. The van der Waals surface area contributed by atoms with Crippen molar-refractivity contribution in [3.63, 3.8) is 0 Å². The lowest BCUT2D eigenvalue weighted by atomic mass is 9.91. The van der Waals surface area contributed by atoms with Gasteiger partial charge in [0.05, 0.1) is 11.7 Å². The number of ether oxygens (including phenoxy) is 1. The average Bonchev–Trinajstić information content (AvgIpc) is 2.22. The van der Waals surface area contributed by atoms with Gasteiger partial charge in [-0.15, -0.1) is 0 Å². The SMILES string of the molecule is COC(C)C(C)(O)Cc1c(Cl)cccc1Cl. The third kappa shape index (κ3) is 3.11. The van der Waals surface area contributed by atoms with Gasteiger partial charge in [-0.25, -0.2) is 0 Å². The second-order valence-electron chi connectivity index (χ2n) is 4.11. The summed E-state index contributed by atoms with van der Waals surface area (Å²) in [5, 5.41) is 11.4. The standard InChI is InChI=1S/C12H16Cl2O2/c1-8(16-3)12(2,15)7-9-10(13)5-4-6-11(9)14/h4-6,8,15H,7H2,1-3H3. The van der Waals surface area contributed by atoms with Gasteiger partial charge >= 0.3 is 0 Å². The van der Waals surface area contributed by atoms with Crippen LogP contribution in [0.5, 0.6) is 0 Å². The summed E-state index contributed by atoms with van der Waals surface area (Å²) in [4.78, 5) is 0. The molecule has 1 aromatic carbocycles. The van der Waals surface area contributed by atoms with Gasteiger partial charge in [0.25, 0.3) is 0 Å². The minimum Gasteiger partial charge on any atom is -0.387 e. The van der Waals surface area contributed by atoms with Crippen LogP contribution in [-0.4, -0.2) is 23.9 Å². The Morgan fingerprint density at radius 3 is 2.31 bits per heavy atom. The smallest absolute Gasteiger partial charge is 0.0918 e. The first-order valence-corrected chi connectivity index (χ1v) is 5.82. The van der Waals surface area contributed by atoms with Gasteiger partial charge in [0.15, 0.2) is 0 Å². The van der Waals surface area contributed by atoms with Gasteiger partial charge in [0.1, 0.15) is 0 Å². The predicted molar refractivity (Wildman–Crippen MR) is 67.3 cm³/mol. The molecule has 0 saturated heterocycles. The maximum absolute atomic E-state index is 10.2. The van der Waals surface area contributed by atoms with E-state index >= 15 is 0 Å². The molecule has 0 saturated carbocycles. The van der Waals surface area contributed by atoms with Crippen LogP contribution >= 0.6 is 23.2 Å². The topological polar surface area (TPSA) is 29.5 Å². The molecule has 0 aliphatic carbocycles. The van der Waals surface area contributed by atoms with Crippen LogP contribution in [0, 0.1) is 0 Å². The van der Waals surface area contributed by atoms with Gasteiger partial charge in [-0.2, -0.15) is 0 Å². The molecule has 0 heterocycles. The van der Waals surface area contributed by atoms with Crippen LogP contribution in [0.3, 0.4) is 0 Å². The molecule has 0 aromatic heterocycles. The van der Waals surface area contributed by atoms with Gasteiger partial charge in [-0.1, -0.05) is 29.3 Å². The van der Waals surface area contributed by atoms with E-state index in [1.165, 1.54) is 0 Å². The molecule has 0 aliphatic rings. The van der Waals surface area contributed by atoms with Gasteiger partial charge in [0.2, 0.25) is 0 Å². The predicted octanol–water partition coefficient (Wildman–Crippen LogP) is 3.32. The molecule has 1 N–H and O–H groups in total. The number of benzene rings is 1. The van der Waals surface area contributed by atoms with Crippen LogP contribution in [-0.2, 0) is 11.2 Å². The van der Waals surface area contributed by atoms with Crippen LogP contribution in [0.2, 0.25) is 10.0 Å². The minimum absolute atomic E-state index is 0.292. The molecule has 2 nitrogen and oxygen atoms in total. The summed E-state index contributed by atoms with van der Waals surface area (Å²) in [5.41, 5.74) is -0.247. The van der Waals surface area contributed by atoms with E-state index < -0.39 is 5.60 Å². The van der Waals surface area contributed by atoms with Gasteiger partial charge in [-0.3, -0.25) is 0 Å². The Labute approximate surface area is 106 Å². The lowest BCUT2D eigenvalue weighted by Crippen LogP contribution is -2.40. The number of rotatable bonds is 4. The third-order valence-corrected chi connectivity index (χ3v) is 3.53. The van der Waals surface area contributed by atoms with Crippen molar-refractivity contribution in [1.82, 2.24) is 0 Å². The largest absolute Gasteiger partial charge is 0.387 e. The summed E-state index contributed by atoms with van der Waals surface area (Å²) in [7, 11) is 1.56. The quantitative estimate of drug-likeness (QED) is 0.902. The number of methoxy groups -OCH3 is 1. The fourth-order valence-electron chi connectivity index (χ4n) is 1.46. The summed E-state index contributed by atoms with van der Waals surface area (Å²) >= 11 is 12.1. The number of hydrogen-bond acceptors (Lipinski definition) is 2. The van der Waals surface area contributed by atoms with Crippen molar-refractivity contribution >= 4 is 23.2 Å². The molecule has 16 heavy (non-hydrogen) atoms. The Bertz CT molecular complexity index is 344. The molecule has 4 heteroatoms. The average molecular weight is 263 g/mol. The molecule has 0 bridgehead atoms. The maximum atomic E-state index is 10.2. The van der Waals surface area contributed by atoms with E-state index in [2.05, 4.69) is 0 Å². The summed E-state index contributed by atoms with van der Waals surface area (Å²) in [6.45, 7) is 3.52. The summed E-state index contributed by atoms with van der Waals surface area (Å²) in [5.74, 6) is 0. The van der Waals surface area contributed by atoms with Crippen LogP contribution < -0.4 is 0 Å². The van der Waals surface area contributed by atoms with Crippen molar-refractivity contribution in [2.75, 3.05) is 7.11 Å². The summed E-state index contributed by atoms with van der Waals surface area (Å²) < 4.78 is 5.13. The zero-order valence-corrected chi connectivity index (χ0v) is 11.1. The highest BCUT2D eigenvalue weighted by Crippen LogP contribution is 2.29. The molecule has 1 rings (SSSR count). The zero-order chi connectivity index (χ0) is 12.3. The van der Waals surface area contributed by atoms with Crippen molar-refractivity contribution in [2.24, 2.45) is 0 Å². The maximum Gasteiger partial charge on any atom is 0.0918 e. The highest BCUT2D eigenvalue weighted by molar-refractivity contribution is 6.36. The van der Waals surface area contributed by atoms with Crippen LogP contribution in [0.1, 0.15) is 19.4 Å². The van der Waals surface area contributed by atoms with Crippen molar-refractivity contribution < 1.29 is 9.84 Å². The summed E-state index contributed by atoms with van der Waals surface area (Å²) in [6.07, 6.45) is 0.0698. The monoisotopic (exact) mass is 262 g/mol. The Hall–Kier alpha value is -0.280. The lowest BCUT2D eigenvalue weighted by molar-refractivity contribution is -0.0715. The summed E-state index contributed by atoms with van der Waals surface area (Å²) in [6, 6.07) is 5.30. The first-order valence-electron chi connectivity index (χ1n) is 5.06. The molecule has 90 valence electrons. The molecule has 0 amide bonds. The Balaban J connectivity index is 2.96. The molecule has 2 atom stereocenters. The molecule has 0 aliphatic heterocycles. The van der Waals surface area contributed by atoms with E-state index in [4.69, 9.17) is 27.9 Å². The molecule has 1 aromatic rings. The van der Waals surface area contributed by atoms with E-state index in [0.29, 0.717) is 16.5 Å². The van der Waals surface area contributed by atoms with Gasteiger partial charge in [-0.05, 0) is 31.5 Å². The van der Waals surface area contributed by atoms with Crippen LogP contribution in [0.15, 0.2) is 18.2 Å². The van der Waals surface area contributed by atoms with Crippen molar-refractivity contribution in [3.8, 4) is 0 Å². The third-order valence-electron chi connectivity index (χ3n) is 2.83. The first kappa shape index (κ1) is 13.8. The van der Waals surface area contributed by atoms with E-state index in [1.807, 2.05) is 6.92 Å². The normalized spacial score (nSPS) is 16.9. The Morgan fingerprint density at radius 1 is 1.38 bits per heavy atom.